The summed E-state index contributed by atoms with van der Waals surface area (Å²) in [5.74, 6) is -0.101. The summed E-state index contributed by atoms with van der Waals surface area (Å²) in [4.78, 5) is 11.8. The molecule has 0 spiro atoms. The van der Waals surface area contributed by atoms with E-state index in [1.54, 1.807) is 0 Å². The number of amidine groups is 1. The number of benzene rings is 2. The van der Waals surface area contributed by atoms with Crippen LogP contribution >= 0.6 is 11.8 Å². The minimum atomic E-state index is -0.245. The number of amides is 1. The highest BCUT2D eigenvalue weighted by Crippen LogP contribution is 2.26. The zero-order valence-corrected chi connectivity index (χ0v) is 14.3. The second-order valence-corrected chi connectivity index (χ2v) is 7.29. The van der Waals surface area contributed by atoms with Gasteiger partial charge in [-0.1, -0.05) is 53.3 Å². The molecule has 1 unspecified atom stereocenters. The van der Waals surface area contributed by atoms with Crippen LogP contribution in [0.4, 0.5) is 0 Å². The van der Waals surface area contributed by atoms with Crippen LogP contribution in [0.3, 0.4) is 0 Å². The molecule has 3 aromatic rings. The lowest BCUT2D eigenvalue weighted by Gasteiger charge is -2.05. The molecule has 1 amide bonds. The van der Waals surface area contributed by atoms with Gasteiger partial charge in [-0.05, 0) is 42.5 Å². The number of rotatable bonds is 5. The Balaban J connectivity index is 1.49. The molecule has 2 aromatic carbocycles. The first-order valence-electron chi connectivity index (χ1n) is 8.16. The van der Waals surface area contributed by atoms with E-state index in [0.29, 0.717) is 6.42 Å². The normalized spacial score (nSPS) is 17.2. The first-order valence-corrected chi connectivity index (χ1v) is 9.04. The predicted octanol–water partition coefficient (Wildman–Crippen LogP) is 3.32. The maximum absolute atomic E-state index is 11.8. The van der Waals surface area contributed by atoms with Crippen molar-refractivity contribution in [3.05, 3.63) is 65.4 Å². The number of thioether (sulfide) groups is 1. The average Bonchev–Trinajstić information content (AvgIpc) is 3.16. The Morgan fingerprint density at radius 2 is 1.96 bits per heavy atom. The fraction of sp³-hybridized carbons (Fsp3) is 0.211. The summed E-state index contributed by atoms with van der Waals surface area (Å²) < 4.78 is 5.49. The molecule has 1 aromatic heterocycles. The number of hydrogen-bond donors (Lipinski definition) is 2. The van der Waals surface area contributed by atoms with Gasteiger partial charge in [0.1, 0.15) is 0 Å². The monoisotopic (exact) mass is 351 g/mol. The third kappa shape index (κ3) is 3.44. The number of nitrogens with one attached hydrogen (secondary N) is 2. The van der Waals surface area contributed by atoms with Crippen molar-refractivity contribution in [1.29, 1.82) is 5.41 Å². The van der Waals surface area contributed by atoms with Crippen LogP contribution < -0.4 is 5.32 Å². The standard InChI is InChI=1S/C19H17N3O2S/c20-19-21-18(23)17(25-19)11-13-6-8-14-15(22-24-16(14)10-13)9-7-12-4-2-1-3-5-12/h1-6,8,10,17H,7,9,11H2,(H2,20,21,23). The van der Waals surface area contributed by atoms with E-state index < -0.39 is 0 Å². The van der Waals surface area contributed by atoms with Crippen LogP contribution in [0.25, 0.3) is 11.0 Å². The summed E-state index contributed by atoms with van der Waals surface area (Å²) in [6.45, 7) is 0. The van der Waals surface area contributed by atoms with Gasteiger partial charge in [0.15, 0.2) is 10.8 Å². The third-order valence-corrected chi connectivity index (χ3v) is 5.32. The Bertz CT molecular complexity index is 936. The smallest absolute Gasteiger partial charge is 0.239 e. The van der Waals surface area contributed by atoms with Gasteiger partial charge in [-0.15, -0.1) is 0 Å². The lowest BCUT2D eigenvalue weighted by molar-refractivity contribution is -0.118. The van der Waals surface area contributed by atoms with E-state index in [1.807, 2.05) is 36.4 Å². The molecule has 0 bridgehead atoms. The molecular formula is C19H17N3O2S. The van der Waals surface area contributed by atoms with Crippen molar-refractivity contribution in [2.45, 2.75) is 24.5 Å². The largest absolute Gasteiger partial charge is 0.356 e. The minimum Gasteiger partial charge on any atom is -0.356 e. The summed E-state index contributed by atoms with van der Waals surface area (Å²) in [5, 5.41) is 15.3. The van der Waals surface area contributed by atoms with Crippen molar-refractivity contribution in [1.82, 2.24) is 10.5 Å². The molecule has 4 rings (SSSR count). The number of fused-ring (bicyclic) bond motifs is 1. The van der Waals surface area contributed by atoms with Crippen molar-refractivity contribution < 1.29 is 9.32 Å². The minimum absolute atomic E-state index is 0.101. The molecule has 5 nitrogen and oxygen atoms in total. The molecule has 0 saturated carbocycles. The summed E-state index contributed by atoms with van der Waals surface area (Å²) in [5.41, 5.74) is 4.00. The number of aromatic nitrogens is 1. The maximum Gasteiger partial charge on any atom is 0.239 e. The Hall–Kier alpha value is -2.60. The molecule has 1 saturated heterocycles. The summed E-state index contributed by atoms with van der Waals surface area (Å²) in [6, 6.07) is 16.3. The van der Waals surface area contributed by atoms with Crippen molar-refractivity contribution in [2.24, 2.45) is 0 Å². The highest BCUT2D eigenvalue weighted by atomic mass is 32.2. The molecule has 1 aliphatic heterocycles. The summed E-state index contributed by atoms with van der Waals surface area (Å²) in [6.07, 6.45) is 2.33. The van der Waals surface area contributed by atoms with Crippen LogP contribution in [-0.4, -0.2) is 21.5 Å². The van der Waals surface area contributed by atoms with Gasteiger partial charge in [0.25, 0.3) is 0 Å². The predicted molar refractivity (Wildman–Crippen MR) is 98.8 cm³/mol. The third-order valence-electron chi connectivity index (χ3n) is 4.31. The number of hydrogen-bond acceptors (Lipinski definition) is 5. The highest BCUT2D eigenvalue weighted by Gasteiger charge is 2.29. The van der Waals surface area contributed by atoms with Crippen molar-refractivity contribution >= 4 is 33.8 Å². The number of aryl methyl sites for hydroxylation is 2. The first kappa shape index (κ1) is 15.9. The van der Waals surface area contributed by atoms with E-state index >= 15 is 0 Å². The molecular weight excluding hydrogens is 334 g/mol. The van der Waals surface area contributed by atoms with Gasteiger partial charge in [-0.2, -0.15) is 0 Å². The lowest BCUT2D eigenvalue weighted by Crippen LogP contribution is -2.25. The lowest BCUT2D eigenvalue weighted by atomic mass is 10.0. The van der Waals surface area contributed by atoms with E-state index in [1.165, 1.54) is 17.3 Å². The maximum atomic E-state index is 11.8. The van der Waals surface area contributed by atoms with Gasteiger partial charge < -0.3 is 9.84 Å². The van der Waals surface area contributed by atoms with Crippen molar-refractivity contribution in [2.75, 3.05) is 0 Å². The van der Waals surface area contributed by atoms with E-state index in [4.69, 9.17) is 9.93 Å². The van der Waals surface area contributed by atoms with E-state index in [-0.39, 0.29) is 16.3 Å². The number of carbonyl (C=O) groups excluding carboxylic acids is 1. The van der Waals surface area contributed by atoms with Gasteiger partial charge in [0, 0.05) is 5.39 Å². The average molecular weight is 351 g/mol. The second kappa shape index (κ2) is 6.72. The fourth-order valence-corrected chi connectivity index (χ4v) is 3.90. The van der Waals surface area contributed by atoms with Gasteiger partial charge in [0.05, 0.1) is 10.9 Å². The number of carbonyl (C=O) groups is 1. The van der Waals surface area contributed by atoms with Crippen LogP contribution in [0.2, 0.25) is 0 Å². The Kier molecular flexibility index (Phi) is 4.28. The van der Waals surface area contributed by atoms with E-state index in [2.05, 4.69) is 22.6 Å². The van der Waals surface area contributed by atoms with E-state index in [9.17, 15) is 4.79 Å². The molecule has 126 valence electrons. The van der Waals surface area contributed by atoms with Crippen LogP contribution in [0.15, 0.2) is 53.1 Å². The fourth-order valence-electron chi connectivity index (χ4n) is 3.01. The molecule has 1 fully saturated rings. The van der Waals surface area contributed by atoms with Crippen LogP contribution in [-0.2, 0) is 24.1 Å². The zero-order chi connectivity index (χ0) is 17.2. The first-order chi connectivity index (χ1) is 12.2. The Morgan fingerprint density at radius 3 is 2.72 bits per heavy atom. The number of nitrogens with zero attached hydrogens (tertiary/aromatic N) is 1. The molecule has 1 aliphatic rings. The summed E-state index contributed by atoms with van der Waals surface area (Å²) >= 11 is 1.26. The van der Waals surface area contributed by atoms with Gasteiger partial charge in [-0.3, -0.25) is 10.2 Å². The van der Waals surface area contributed by atoms with Crippen molar-refractivity contribution in [3.8, 4) is 0 Å². The molecule has 2 heterocycles. The molecule has 25 heavy (non-hydrogen) atoms. The molecule has 2 N–H and O–H groups in total. The highest BCUT2D eigenvalue weighted by molar-refractivity contribution is 8.15. The van der Waals surface area contributed by atoms with E-state index in [0.717, 1.165) is 35.1 Å². The van der Waals surface area contributed by atoms with Crippen LogP contribution in [0.5, 0.6) is 0 Å². The molecule has 0 radical (unpaired) electrons. The molecule has 0 aliphatic carbocycles. The van der Waals surface area contributed by atoms with Crippen LogP contribution in [0, 0.1) is 5.41 Å². The summed E-state index contributed by atoms with van der Waals surface area (Å²) in [7, 11) is 0. The van der Waals surface area contributed by atoms with Gasteiger partial charge in [-0.25, -0.2) is 0 Å². The van der Waals surface area contributed by atoms with Crippen LogP contribution in [0.1, 0.15) is 16.8 Å². The molecule has 1 atom stereocenters. The second-order valence-electron chi connectivity index (χ2n) is 6.07. The van der Waals surface area contributed by atoms with Gasteiger partial charge >= 0.3 is 0 Å². The zero-order valence-electron chi connectivity index (χ0n) is 13.5. The quantitative estimate of drug-likeness (QED) is 0.739. The molecule has 6 heteroatoms. The van der Waals surface area contributed by atoms with Crippen molar-refractivity contribution in [3.63, 3.8) is 0 Å². The topological polar surface area (TPSA) is 79.0 Å². The SMILES string of the molecule is N=C1NC(=O)C(Cc2ccc3c(CCc4ccccc4)noc3c2)S1. The van der Waals surface area contributed by atoms with Gasteiger partial charge in [0.2, 0.25) is 5.91 Å². The Labute approximate surface area is 149 Å². The Morgan fingerprint density at radius 1 is 1.12 bits per heavy atom.